The van der Waals surface area contributed by atoms with Gasteiger partial charge in [0.25, 0.3) is 0 Å². The molecule has 0 aliphatic carbocycles. The monoisotopic (exact) mass is 216 g/mol. The van der Waals surface area contributed by atoms with Crippen LogP contribution in [0.2, 0.25) is 0 Å². The van der Waals surface area contributed by atoms with Crippen molar-refractivity contribution in [3.8, 4) is 0 Å². The van der Waals surface area contributed by atoms with E-state index >= 15 is 0 Å². The summed E-state index contributed by atoms with van der Waals surface area (Å²) in [6.07, 6.45) is 0. The lowest BCUT2D eigenvalue weighted by atomic mass is 9.99. The molecule has 0 fully saturated rings. The zero-order chi connectivity index (χ0) is 12.1. The first kappa shape index (κ1) is 13.9. The zero-order valence-corrected chi connectivity index (χ0v) is 10.1. The van der Waals surface area contributed by atoms with Crippen LogP contribution in [0.5, 0.6) is 0 Å². The van der Waals surface area contributed by atoms with Gasteiger partial charge in [0.05, 0.1) is 13.2 Å². The van der Waals surface area contributed by atoms with Gasteiger partial charge < -0.3 is 9.47 Å². The van der Waals surface area contributed by atoms with Crippen LogP contribution in [0.1, 0.15) is 34.6 Å². The fraction of sp³-hybridized carbons (Fsp3) is 0.818. The summed E-state index contributed by atoms with van der Waals surface area (Å²) in [4.78, 5) is 22.2. The molecule has 0 aliphatic heterocycles. The maximum Gasteiger partial charge on any atom is 0.417 e. The van der Waals surface area contributed by atoms with Crippen molar-refractivity contribution < 1.29 is 19.1 Å². The molecular weight excluding hydrogens is 196 g/mol. The van der Waals surface area contributed by atoms with E-state index in [1.807, 2.05) is 34.6 Å². The van der Waals surface area contributed by atoms with Gasteiger partial charge in [0, 0.05) is 0 Å². The van der Waals surface area contributed by atoms with Gasteiger partial charge in [0.15, 0.2) is 0 Å². The Morgan fingerprint density at radius 1 is 1.07 bits per heavy atom. The van der Waals surface area contributed by atoms with Crippen molar-refractivity contribution in [2.75, 3.05) is 13.2 Å². The highest BCUT2D eigenvalue weighted by molar-refractivity contribution is 6.29. The van der Waals surface area contributed by atoms with E-state index in [0.717, 1.165) is 0 Å². The Labute approximate surface area is 90.9 Å². The van der Waals surface area contributed by atoms with Crippen molar-refractivity contribution in [3.63, 3.8) is 0 Å². The molecule has 15 heavy (non-hydrogen) atoms. The average Bonchev–Trinajstić information content (AvgIpc) is 2.08. The molecule has 4 nitrogen and oxygen atoms in total. The highest BCUT2D eigenvalue weighted by Crippen LogP contribution is 2.12. The smallest absolute Gasteiger partial charge is 0.417 e. The van der Waals surface area contributed by atoms with Crippen molar-refractivity contribution in [1.82, 2.24) is 0 Å². The summed E-state index contributed by atoms with van der Waals surface area (Å²) in [5.41, 5.74) is -0.145. The zero-order valence-electron chi connectivity index (χ0n) is 10.1. The topological polar surface area (TPSA) is 52.6 Å². The Morgan fingerprint density at radius 3 is 1.93 bits per heavy atom. The Balaban J connectivity index is 3.85. The van der Waals surface area contributed by atoms with Crippen LogP contribution in [-0.2, 0) is 19.1 Å². The number of ether oxygens (including phenoxy) is 2. The molecule has 88 valence electrons. The van der Waals surface area contributed by atoms with Crippen LogP contribution in [0, 0.1) is 11.3 Å². The SMILES string of the molecule is CC(C)COC(=O)C(=O)OCC(C)(C)C. The number of hydrogen-bond donors (Lipinski definition) is 0. The van der Waals surface area contributed by atoms with Crippen LogP contribution in [0.4, 0.5) is 0 Å². The first-order valence-electron chi connectivity index (χ1n) is 5.06. The summed E-state index contributed by atoms with van der Waals surface area (Å²) in [7, 11) is 0. The quantitative estimate of drug-likeness (QED) is 0.533. The lowest BCUT2D eigenvalue weighted by molar-refractivity contribution is -0.169. The second-order valence-electron chi connectivity index (χ2n) is 5.13. The van der Waals surface area contributed by atoms with Crippen LogP contribution in [0.3, 0.4) is 0 Å². The van der Waals surface area contributed by atoms with Crippen molar-refractivity contribution in [2.24, 2.45) is 11.3 Å². The predicted molar refractivity (Wildman–Crippen MR) is 56.2 cm³/mol. The molecule has 0 aromatic carbocycles. The lowest BCUT2D eigenvalue weighted by Gasteiger charge is -2.17. The maximum atomic E-state index is 11.1. The summed E-state index contributed by atoms with van der Waals surface area (Å²) >= 11 is 0. The Hall–Kier alpha value is -1.06. The van der Waals surface area contributed by atoms with Crippen LogP contribution in [-0.4, -0.2) is 25.2 Å². The van der Waals surface area contributed by atoms with Gasteiger partial charge in [0.1, 0.15) is 0 Å². The van der Waals surface area contributed by atoms with E-state index in [0.29, 0.717) is 0 Å². The van der Waals surface area contributed by atoms with E-state index in [9.17, 15) is 9.59 Å². The van der Waals surface area contributed by atoms with Gasteiger partial charge in [-0.1, -0.05) is 34.6 Å². The highest BCUT2D eigenvalue weighted by atomic mass is 16.6. The van der Waals surface area contributed by atoms with Crippen molar-refractivity contribution in [1.29, 1.82) is 0 Å². The number of carbonyl (C=O) groups is 2. The van der Waals surface area contributed by atoms with E-state index in [1.54, 1.807) is 0 Å². The number of carbonyl (C=O) groups excluding carboxylic acids is 2. The molecule has 0 aromatic rings. The summed E-state index contributed by atoms with van der Waals surface area (Å²) in [6, 6.07) is 0. The van der Waals surface area contributed by atoms with Gasteiger partial charge in [0.2, 0.25) is 0 Å². The van der Waals surface area contributed by atoms with Crippen molar-refractivity contribution in [2.45, 2.75) is 34.6 Å². The number of hydrogen-bond acceptors (Lipinski definition) is 4. The van der Waals surface area contributed by atoms with Crippen molar-refractivity contribution in [3.05, 3.63) is 0 Å². The molecule has 0 aliphatic rings. The minimum absolute atomic E-state index is 0.145. The molecule has 4 heteroatoms. The van der Waals surface area contributed by atoms with Crippen LogP contribution >= 0.6 is 0 Å². The molecule has 0 radical (unpaired) electrons. The third-order valence-electron chi connectivity index (χ3n) is 1.35. The molecule has 0 amide bonds. The third kappa shape index (κ3) is 7.97. The van der Waals surface area contributed by atoms with E-state index in [2.05, 4.69) is 0 Å². The second kappa shape index (κ2) is 5.73. The molecular formula is C11H20O4. The second-order valence-corrected chi connectivity index (χ2v) is 5.13. The van der Waals surface area contributed by atoms with Gasteiger partial charge in [-0.2, -0.15) is 0 Å². The predicted octanol–water partition coefficient (Wildman–Crippen LogP) is 1.77. The Morgan fingerprint density at radius 2 is 1.53 bits per heavy atom. The van der Waals surface area contributed by atoms with Gasteiger partial charge in [-0.15, -0.1) is 0 Å². The van der Waals surface area contributed by atoms with Gasteiger partial charge >= 0.3 is 11.9 Å². The van der Waals surface area contributed by atoms with Crippen LogP contribution in [0.15, 0.2) is 0 Å². The fourth-order valence-corrected chi connectivity index (χ4v) is 0.642. The van der Waals surface area contributed by atoms with Gasteiger partial charge in [-0.05, 0) is 11.3 Å². The first-order valence-corrected chi connectivity index (χ1v) is 5.06. The molecule has 0 heterocycles. The Bertz CT molecular complexity index is 225. The summed E-state index contributed by atoms with van der Waals surface area (Å²) in [6.45, 7) is 9.99. The summed E-state index contributed by atoms with van der Waals surface area (Å²) in [5, 5.41) is 0. The number of esters is 2. The number of rotatable bonds is 3. The minimum atomic E-state index is -0.912. The summed E-state index contributed by atoms with van der Waals surface area (Å²) in [5.74, 6) is -1.61. The Kier molecular flexibility index (Phi) is 5.33. The third-order valence-corrected chi connectivity index (χ3v) is 1.35. The molecule has 0 rings (SSSR count). The van der Waals surface area contributed by atoms with E-state index in [1.165, 1.54) is 0 Å². The largest absolute Gasteiger partial charge is 0.457 e. The highest BCUT2D eigenvalue weighted by Gasteiger charge is 2.21. The van der Waals surface area contributed by atoms with E-state index < -0.39 is 11.9 Å². The average molecular weight is 216 g/mol. The molecule has 0 spiro atoms. The molecule has 0 bridgehead atoms. The molecule has 0 saturated heterocycles. The summed E-state index contributed by atoms with van der Waals surface area (Å²) < 4.78 is 9.50. The van der Waals surface area contributed by atoms with E-state index in [4.69, 9.17) is 9.47 Å². The standard InChI is InChI=1S/C11H20O4/c1-8(2)6-14-9(12)10(13)15-7-11(3,4)5/h8H,6-7H2,1-5H3. The minimum Gasteiger partial charge on any atom is -0.457 e. The molecule has 0 aromatic heterocycles. The first-order chi connectivity index (χ1) is 6.72. The normalized spacial score (nSPS) is 11.3. The molecule has 0 atom stereocenters. The van der Waals surface area contributed by atoms with Crippen molar-refractivity contribution >= 4 is 11.9 Å². The molecule has 0 unspecified atom stereocenters. The molecule has 0 N–H and O–H groups in total. The fourth-order valence-electron chi connectivity index (χ4n) is 0.642. The maximum absolute atomic E-state index is 11.1. The van der Waals surface area contributed by atoms with Crippen LogP contribution < -0.4 is 0 Å². The molecule has 0 saturated carbocycles. The van der Waals surface area contributed by atoms with Gasteiger partial charge in [-0.25, -0.2) is 9.59 Å². The lowest BCUT2D eigenvalue weighted by Crippen LogP contribution is -2.26. The van der Waals surface area contributed by atoms with E-state index in [-0.39, 0.29) is 24.5 Å². The van der Waals surface area contributed by atoms with Crippen LogP contribution in [0.25, 0.3) is 0 Å². The van der Waals surface area contributed by atoms with Gasteiger partial charge in [-0.3, -0.25) is 0 Å².